The number of hydrogen-bond acceptors (Lipinski definition) is 2. The second-order valence-corrected chi connectivity index (χ2v) is 4.35. The molecule has 0 aliphatic heterocycles. The van der Waals surface area contributed by atoms with Crippen LogP contribution >= 0.6 is 0 Å². The molecule has 0 aliphatic carbocycles. The first-order valence-electron chi connectivity index (χ1n) is 5.04. The number of aliphatic hydroxyl groups is 1. The van der Waals surface area contributed by atoms with Gasteiger partial charge < -0.3 is 9.84 Å². The third kappa shape index (κ3) is 3.25. The first-order chi connectivity index (χ1) is 7.35. The van der Waals surface area contributed by atoms with Crippen LogP contribution in [0.25, 0.3) is 0 Å². The molecule has 0 fully saturated rings. The Morgan fingerprint density at radius 1 is 1.38 bits per heavy atom. The summed E-state index contributed by atoms with van der Waals surface area (Å²) in [4.78, 5) is 0. The molecule has 1 rings (SSSR count). The summed E-state index contributed by atoms with van der Waals surface area (Å²) in [5.41, 5.74) is -0.622. The zero-order valence-electron chi connectivity index (χ0n) is 9.63. The van der Waals surface area contributed by atoms with Crippen molar-refractivity contribution in [3.63, 3.8) is 0 Å². The fraction of sp³-hybridized carbons (Fsp3) is 0.500. The maximum atomic E-state index is 13.3. The molecule has 0 aromatic heterocycles. The second kappa shape index (κ2) is 4.89. The third-order valence-electron chi connectivity index (χ3n) is 2.55. The summed E-state index contributed by atoms with van der Waals surface area (Å²) in [7, 11) is 1.51. The van der Waals surface area contributed by atoms with E-state index in [9.17, 15) is 13.9 Å². The molecule has 16 heavy (non-hydrogen) atoms. The molecule has 0 heterocycles. The SMILES string of the molecule is COC(C)(C)CC(O)c1cc(F)ccc1F. The second-order valence-electron chi connectivity index (χ2n) is 4.35. The molecule has 4 heteroatoms. The maximum absolute atomic E-state index is 13.3. The Kier molecular flexibility index (Phi) is 3.99. The molecule has 0 aliphatic rings. The Labute approximate surface area is 93.9 Å². The number of aliphatic hydroxyl groups excluding tert-OH is 1. The summed E-state index contributed by atoms with van der Waals surface area (Å²) in [5, 5.41) is 9.81. The van der Waals surface area contributed by atoms with E-state index in [1.54, 1.807) is 13.8 Å². The maximum Gasteiger partial charge on any atom is 0.129 e. The van der Waals surface area contributed by atoms with E-state index in [1.165, 1.54) is 7.11 Å². The van der Waals surface area contributed by atoms with Crippen molar-refractivity contribution >= 4 is 0 Å². The van der Waals surface area contributed by atoms with Gasteiger partial charge in [0.05, 0.1) is 11.7 Å². The van der Waals surface area contributed by atoms with Crippen LogP contribution in [-0.2, 0) is 4.74 Å². The highest BCUT2D eigenvalue weighted by Crippen LogP contribution is 2.27. The minimum atomic E-state index is -1.08. The average molecular weight is 230 g/mol. The molecule has 1 aromatic rings. The van der Waals surface area contributed by atoms with Gasteiger partial charge in [-0.3, -0.25) is 0 Å². The standard InChI is InChI=1S/C12H16F2O2/c1-12(2,16-3)7-11(15)9-6-8(13)4-5-10(9)14/h4-6,11,15H,7H2,1-3H3. The fourth-order valence-corrected chi connectivity index (χ4v) is 1.43. The van der Waals surface area contributed by atoms with E-state index in [1.807, 2.05) is 0 Å². The minimum absolute atomic E-state index is 0.0369. The van der Waals surface area contributed by atoms with Crippen molar-refractivity contribution in [2.75, 3.05) is 7.11 Å². The number of methoxy groups -OCH3 is 1. The van der Waals surface area contributed by atoms with Gasteiger partial charge in [-0.25, -0.2) is 8.78 Å². The van der Waals surface area contributed by atoms with Crippen LogP contribution in [0, 0.1) is 11.6 Å². The van der Waals surface area contributed by atoms with Crippen LogP contribution in [0.5, 0.6) is 0 Å². The first kappa shape index (κ1) is 13.1. The van der Waals surface area contributed by atoms with Crippen molar-refractivity contribution in [1.82, 2.24) is 0 Å². The zero-order valence-corrected chi connectivity index (χ0v) is 9.63. The normalized spacial score (nSPS) is 13.9. The van der Waals surface area contributed by atoms with Crippen LogP contribution in [0.4, 0.5) is 8.78 Å². The number of ether oxygens (including phenoxy) is 1. The molecule has 1 aromatic carbocycles. The van der Waals surface area contributed by atoms with Crippen LogP contribution in [-0.4, -0.2) is 17.8 Å². The lowest BCUT2D eigenvalue weighted by Crippen LogP contribution is -2.25. The Balaban J connectivity index is 2.88. The van der Waals surface area contributed by atoms with Gasteiger partial charge in [-0.15, -0.1) is 0 Å². The van der Waals surface area contributed by atoms with Gasteiger partial charge in [0.1, 0.15) is 11.6 Å². The van der Waals surface area contributed by atoms with Gasteiger partial charge in [0.2, 0.25) is 0 Å². The molecule has 0 amide bonds. The highest BCUT2D eigenvalue weighted by Gasteiger charge is 2.24. The molecule has 90 valence electrons. The topological polar surface area (TPSA) is 29.5 Å². The molecule has 1 atom stereocenters. The highest BCUT2D eigenvalue weighted by atomic mass is 19.1. The third-order valence-corrected chi connectivity index (χ3v) is 2.55. The lowest BCUT2D eigenvalue weighted by molar-refractivity contribution is -0.0208. The van der Waals surface area contributed by atoms with Crippen molar-refractivity contribution in [2.45, 2.75) is 32.0 Å². The number of benzene rings is 1. The Hall–Kier alpha value is -1.00. The highest BCUT2D eigenvalue weighted by molar-refractivity contribution is 5.21. The van der Waals surface area contributed by atoms with Crippen molar-refractivity contribution in [2.24, 2.45) is 0 Å². The molecule has 0 spiro atoms. The van der Waals surface area contributed by atoms with Gasteiger partial charge in [0.25, 0.3) is 0 Å². The summed E-state index contributed by atoms with van der Waals surface area (Å²) < 4.78 is 31.4. The van der Waals surface area contributed by atoms with E-state index in [-0.39, 0.29) is 12.0 Å². The minimum Gasteiger partial charge on any atom is -0.388 e. The van der Waals surface area contributed by atoms with Crippen LogP contribution < -0.4 is 0 Å². The van der Waals surface area contributed by atoms with E-state index in [0.29, 0.717) is 0 Å². The average Bonchev–Trinajstić information content (AvgIpc) is 2.21. The number of rotatable bonds is 4. The number of halogens is 2. The summed E-state index contributed by atoms with van der Waals surface area (Å²) >= 11 is 0. The Morgan fingerprint density at radius 2 is 2.00 bits per heavy atom. The van der Waals surface area contributed by atoms with Crippen LogP contribution in [0.15, 0.2) is 18.2 Å². The van der Waals surface area contributed by atoms with Crippen molar-refractivity contribution in [3.05, 3.63) is 35.4 Å². The molecule has 2 nitrogen and oxygen atoms in total. The largest absolute Gasteiger partial charge is 0.388 e. The Morgan fingerprint density at radius 3 is 2.56 bits per heavy atom. The summed E-state index contributed by atoms with van der Waals surface area (Å²) in [6.07, 6.45) is -0.880. The van der Waals surface area contributed by atoms with Crippen molar-refractivity contribution < 1.29 is 18.6 Å². The molecule has 1 unspecified atom stereocenters. The Bertz CT molecular complexity index is 364. The molecule has 0 bridgehead atoms. The van der Waals surface area contributed by atoms with Crippen LogP contribution in [0.2, 0.25) is 0 Å². The first-order valence-corrected chi connectivity index (χ1v) is 5.04. The van der Waals surface area contributed by atoms with Crippen molar-refractivity contribution in [1.29, 1.82) is 0 Å². The van der Waals surface area contributed by atoms with Gasteiger partial charge in [-0.2, -0.15) is 0 Å². The van der Waals surface area contributed by atoms with E-state index in [2.05, 4.69) is 0 Å². The van der Waals surface area contributed by atoms with Gasteiger partial charge in [-0.05, 0) is 32.0 Å². The van der Waals surface area contributed by atoms with Gasteiger partial charge in [0, 0.05) is 19.1 Å². The van der Waals surface area contributed by atoms with E-state index in [0.717, 1.165) is 18.2 Å². The lowest BCUT2D eigenvalue weighted by atomic mass is 9.95. The molecule has 1 N–H and O–H groups in total. The predicted octanol–water partition coefficient (Wildman–Crippen LogP) is 2.81. The van der Waals surface area contributed by atoms with Crippen LogP contribution in [0.1, 0.15) is 31.9 Å². The summed E-state index contributed by atoms with van der Waals surface area (Å²) in [6, 6.07) is 3.03. The van der Waals surface area contributed by atoms with E-state index in [4.69, 9.17) is 4.74 Å². The van der Waals surface area contributed by atoms with Gasteiger partial charge >= 0.3 is 0 Å². The molecule has 0 saturated heterocycles. The summed E-state index contributed by atoms with van der Waals surface area (Å²) in [5.74, 6) is -1.17. The molecule has 0 radical (unpaired) electrons. The molecular formula is C12H16F2O2. The number of hydrogen-bond donors (Lipinski definition) is 1. The van der Waals surface area contributed by atoms with Crippen molar-refractivity contribution in [3.8, 4) is 0 Å². The van der Waals surface area contributed by atoms with Gasteiger partial charge in [0.15, 0.2) is 0 Å². The lowest BCUT2D eigenvalue weighted by Gasteiger charge is -2.26. The molecular weight excluding hydrogens is 214 g/mol. The summed E-state index contributed by atoms with van der Waals surface area (Å²) in [6.45, 7) is 3.54. The zero-order chi connectivity index (χ0) is 12.3. The fourth-order valence-electron chi connectivity index (χ4n) is 1.43. The van der Waals surface area contributed by atoms with E-state index >= 15 is 0 Å². The monoisotopic (exact) mass is 230 g/mol. The predicted molar refractivity (Wildman–Crippen MR) is 57.0 cm³/mol. The quantitative estimate of drug-likeness (QED) is 0.861. The van der Waals surface area contributed by atoms with Gasteiger partial charge in [-0.1, -0.05) is 0 Å². The van der Waals surface area contributed by atoms with Crippen LogP contribution in [0.3, 0.4) is 0 Å². The smallest absolute Gasteiger partial charge is 0.129 e. The van der Waals surface area contributed by atoms with E-state index < -0.39 is 23.3 Å². The molecule has 0 saturated carbocycles.